The van der Waals surface area contributed by atoms with E-state index in [1.165, 1.54) is 0 Å². The molecule has 2 unspecified atom stereocenters. The summed E-state index contributed by atoms with van der Waals surface area (Å²) in [6.07, 6.45) is 8.42. The molecule has 0 bridgehead atoms. The van der Waals surface area contributed by atoms with Crippen molar-refractivity contribution in [2.75, 3.05) is 66.6 Å². The van der Waals surface area contributed by atoms with Crippen molar-refractivity contribution in [1.82, 2.24) is 20.4 Å². The largest absolute Gasteiger partial charge is 0.466 e. The van der Waals surface area contributed by atoms with Gasteiger partial charge < -0.3 is 39.4 Å². The summed E-state index contributed by atoms with van der Waals surface area (Å²) >= 11 is 0. The van der Waals surface area contributed by atoms with Gasteiger partial charge in [0.25, 0.3) is 0 Å². The minimum absolute atomic E-state index is 0.0503. The van der Waals surface area contributed by atoms with Crippen molar-refractivity contribution in [3.63, 3.8) is 0 Å². The van der Waals surface area contributed by atoms with Gasteiger partial charge in [0, 0.05) is 26.2 Å². The van der Waals surface area contributed by atoms with Gasteiger partial charge in [0.05, 0.1) is 26.1 Å². The summed E-state index contributed by atoms with van der Waals surface area (Å²) in [5.74, 6) is -0.554. The van der Waals surface area contributed by atoms with E-state index in [4.69, 9.17) is 18.9 Å². The Morgan fingerprint density at radius 1 is 0.600 bits per heavy atom. The van der Waals surface area contributed by atoms with Gasteiger partial charge in [-0.2, -0.15) is 0 Å². The van der Waals surface area contributed by atoms with Gasteiger partial charge in [-0.05, 0) is 85.0 Å². The quantitative estimate of drug-likeness (QED) is 0.0658. The van der Waals surface area contributed by atoms with E-state index in [1.54, 1.807) is 0 Å². The zero-order valence-corrected chi connectivity index (χ0v) is 29.2. The Morgan fingerprint density at radius 3 is 1.42 bits per heavy atom. The molecule has 0 saturated carbocycles. The first-order valence-corrected chi connectivity index (χ1v) is 17.2. The molecule has 2 atom stereocenters. The fourth-order valence-electron chi connectivity index (χ4n) is 4.52. The third-order valence-electron chi connectivity index (χ3n) is 7.23. The summed E-state index contributed by atoms with van der Waals surface area (Å²) < 4.78 is 21.5. The Morgan fingerprint density at radius 2 is 1.04 bits per heavy atom. The van der Waals surface area contributed by atoms with Crippen LogP contribution in [0.4, 0.5) is 9.59 Å². The Hall–Kier alpha value is -2.60. The molecule has 0 fully saturated rings. The fourth-order valence-corrected chi connectivity index (χ4v) is 4.52. The van der Waals surface area contributed by atoms with Crippen molar-refractivity contribution in [3.8, 4) is 0 Å². The number of carbonyl (C=O) groups is 4. The lowest BCUT2D eigenvalue weighted by Gasteiger charge is -2.22. The zero-order valence-electron chi connectivity index (χ0n) is 29.2. The third kappa shape index (κ3) is 26.3. The first kappa shape index (κ1) is 42.4. The summed E-state index contributed by atoms with van der Waals surface area (Å²) in [5, 5.41) is 5.50. The highest BCUT2D eigenvalue weighted by atomic mass is 16.6. The summed E-state index contributed by atoms with van der Waals surface area (Å²) in [7, 11) is 4.03. The summed E-state index contributed by atoms with van der Waals surface area (Å²) in [4.78, 5) is 52.6. The standard InChI is InChI=1S/C33H64N4O8/c1-7-16-28(9-3)44-32(40)34-20-11-13-26-42-30(38)18-24-37(23-15-22-36(5)6)25-19-31(39)43-27-14-12-21-35-33(41)45-29(10-4)17-8-2/h28-29H,7-27H2,1-6H3,(H,34,40)(H,35,41). The van der Waals surface area contributed by atoms with Crippen molar-refractivity contribution in [3.05, 3.63) is 0 Å². The molecule has 0 aliphatic carbocycles. The van der Waals surface area contributed by atoms with E-state index in [-0.39, 0.29) is 37.0 Å². The van der Waals surface area contributed by atoms with Crippen LogP contribution in [0, 0.1) is 0 Å². The molecule has 0 aromatic heterocycles. The predicted molar refractivity (Wildman–Crippen MR) is 176 cm³/mol. The fraction of sp³-hybridized carbons (Fsp3) is 0.879. The maximum atomic E-state index is 12.3. The molecule has 0 aromatic carbocycles. The van der Waals surface area contributed by atoms with Gasteiger partial charge in [-0.15, -0.1) is 0 Å². The highest BCUT2D eigenvalue weighted by molar-refractivity contribution is 5.70. The van der Waals surface area contributed by atoms with E-state index >= 15 is 0 Å². The van der Waals surface area contributed by atoms with Crippen LogP contribution >= 0.6 is 0 Å². The van der Waals surface area contributed by atoms with Gasteiger partial charge >= 0.3 is 24.1 Å². The second-order valence-electron chi connectivity index (χ2n) is 11.7. The van der Waals surface area contributed by atoms with E-state index in [0.717, 1.165) is 58.0 Å². The first-order valence-electron chi connectivity index (χ1n) is 17.2. The SMILES string of the molecule is CCCC(CC)OC(=O)NCCCCOC(=O)CCN(CCCN(C)C)CCC(=O)OCCCCNC(=O)OC(CC)CCC. The van der Waals surface area contributed by atoms with Crippen molar-refractivity contribution in [2.45, 2.75) is 123 Å². The van der Waals surface area contributed by atoms with E-state index in [0.29, 0.717) is 65.1 Å². The van der Waals surface area contributed by atoms with E-state index in [2.05, 4.69) is 34.3 Å². The summed E-state index contributed by atoms with van der Waals surface area (Å²) in [5.41, 5.74) is 0. The predicted octanol–water partition coefficient (Wildman–Crippen LogP) is 5.28. The molecule has 12 heteroatoms. The molecular weight excluding hydrogens is 580 g/mol. The highest BCUT2D eigenvalue weighted by Crippen LogP contribution is 2.08. The lowest BCUT2D eigenvalue weighted by Crippen LogP contribution is -2.32. The van der Waals surface area contributed by atoms with Gasteiger partial charge in [0.15, 0.2) is 0 Å². The van der Waals surface area contributed by atoms with Gasteiger partial charge in [0.2, 0.25) is 0 Å². The molecule has 0 radical (unpaired) electrons. The molecule has 0 heterocycles. The van der Waals surface area contributed by atoms with Crippen molar-refractivity contribution in [1.29, 1.82) is 0 Å². The van der Waals surface area contributed by atoms with Gasteiger partial charge in [-0.1, -0.05) is 40.5 Å². The molecule has 0 aromatic rings. The maximum Gasteiger partial charge on any atom is 0.407 e. The number of ether oxygens (including phenoxy) is 4. The monoisotopic (exact) mass is 644 g/mol. The van der Waals surface area contributed by atoms with Crippen LogP contribution in [-0.2, 0) is 28.5 Å². The number of unbranched alkanes of at least 4 members (excludes halogenated alkanes) is 2. The van der Waals surface area contributed by atoms with E-state index in [9.17, 15) is 19.2 Å². The molecule has 12 nitrogen and oxygen atoms in total. The van der Waals surface area contributed by atoms with Crippen LogP contribution in [0.25, 0.3) is 0 Å². The van der Waals surface area contributed by atoms with Crippen LogP contribution in [0.5, 0.6) is 0 Å². The van der Waals surface area contributed by atoms with Crippen molar-refractivity contribution in [2.24, 2.45) is 0 Å². The maximum absolute atomic E-state index is 12.3. The number of alkyl carbamates (subject to hydrolysis) is 2. The first-order chi connectivity index (χ1) is 21.6. The van der Waals surface area contributed by atoms with Crippen molar-refractivity contribution < 1.29 is 38.1 Å². The molecule has 0 saturated heterocycles. The second kappa shape index (κ2) is 28.8. The Labute approximate surface area is 272 Å². The average molecular weight is 645 g/mol. The number of rotatable bonds is 28. The molecule has 2 N–H and O–H groups in total. The number of amides is 2. The number of hydrogen-bond donors (Lipinski definition) is 2. The topological polar surface area (TPSA) is 136 Å². The van der Waals surface area contributed by atoms with Crippen LogP contribution in [-0.4, -0.2) is 113 Å². The lowest BCUT2D eigenvalue weighted by molar-refractivity contribution is -0.144. The van der Waals surface area contributed by atoms with E-state index < -0.39 is 12.2 Å². The summed E-state index contributed by atoms with van der Waals surface area (Å²) in [6, 6.07) is 0. The van der Waals surface area contributed by atoms with Crippen molar-refractivity contribution >= 4 is 24.1 Å². The normalized spacial score (nSPS) is 12.4. The Balaban J connectivity index is 4.20. The number of nitrogens with one attached hydrogen (secondary N) is 2. The van der Waals surface area contributed by atoms with Crippen LogP contribution < -0.4 is 10.6 Å². The Kier molecular flexibility index (Phi) is 27.2. The molecule has 0 aliphatic rings. The second-order valence-corrected chi connectivity index (χ2v) is 11.7. The summed E-state index contributed by atoms with van der Waals surface area (Å²) in [6.45, 7) is 12.3. The number of esters is 2. The average Bonchev–Trinajstić information content (AvgIpc) is 3.00. The molecule has 0 aliphatic heterocycles. The number of hydrogen-bond acceptors (Lipinski definition) is 10. The molecule has 0 rings (SSSR count). The van der Waals surface area contributed by atoms with Crippen LogP contribution in [0.1, 0.15) is 111 Å². The van der Waals surface area contributed by atoms with E-state index in [1.807, 2.05) is 27.9 Å². The van der Waals surface area contributed by atoms with Gasteiger partial charge in [-0.25, -0.2) is 9.59 Å². The van der Waals surface area contributed by atoms with Gasteiger partial charge in [-0.3, -0.25) is 9.59 Å². The minimum Gasteiger partial charge on any atom is -0.466 e. The third-order valence-corrected chi connectivity index (χ3v) is 7.23. The van der Waals surface area contributed by atoms with Crippen LogP contribution in [0.2, 0.25) is 0 Å². The molecular formula is C33H64N4O8. The highest BCUT2D eigenvalue weighted by Gasteiger charge is 2.14. The van der Waals surface area contributed by atoms with Gasteiger partial charge in [0.1, 0.15) is 12.2 Å². The molecule has 0 spiro atoms. The minimum atomic E-state index is -0.398. The lowest BCUT2D eigenvalue weighted by atomic mass is 10.2. The Bertz CT molecular complexity index is 728. The molecule has 45 heavy (non-hydrogen) atoms. The molecule has 2 amide bonds. The smallest absolute Gasteiger partial charge is 0.407 e. The molecule has 264 valence electrons. The van der Waals surface area contributed by atoms with Crippen LogP contribution in [0.15, 0.2) is 0 Å². The zero-order chi connectivity index (χ0) is 33.7. The number of carbonyl (C=O) groups excluding carboxylic acids is 4. The number of nitrogens with zero attached hydrogens (tertiary/aromatic N) is 2. The van der Waals surface area contributed by atoms with Crippen LogP contribution in [0.3, 0.4) is 0 Å².